The molecule has 0 spiro atoms. The molecular weight excluding hydrogens is 146 g/mol. The predicted molar refractivity (Wildman–Crippen MR) is 52.0 cm³/mol. The van der Waals surface area contributed by atoms with E-state index in [2.05, 4.69) is 4.74 Å². The SMILES string of the molecule is CN(C)C.COC.CSC. The number of nitrogens with zero attached hydrogens (tertiary/aromatic N) is 1. The zero-order valence-electron chi connectivity index (χ0n) is 8.26. The summed E-state index contributed by atoms with van der Waals surface area (Å²) in [5.41, 5.74) is 0. The molecule has 0 unspecified atom stereocenters. The molecule has 0 aromatic rings. The molecule has 10 heavy (non-hydrogen) atoms. The molecule has 0 aliphatic rings. The molecule has 3 heteroatoms. The quantitative estimate of drug-likeness (QED) is 0.541. The van der Waals surface area contributed by atoms with E-state index in [0.29, 0.717) is 0 Å². The van der Waals surface area contributed by atoms with Crippen LogP contribution in [0.4, 0.5) is 0 Å². The summed E-state index contributed by atoms with van der Waals surface area (Å²) in [6.07, 6.45) is 4.08. The molecule has 0 N–H and O–H groups in total. The van der Waals surface area contributed by atoms with Gasteiger partial charge in [-0.1, -0.05) is 0 Å². The second-order valence-electron chi connectivity index (χ2n) is 2.16. The van der Waals surface area contributed by atoms with Crippen LogP contribution in [-0.2, 0) is 4.74 Å². The van der Waals surface area contributed by atoms with Gasteiger partial charge in [0.2, 0.25) is 0 Å². The highest BCUT2D eigenvalue weighted by molar-refractivity contribution is 7.97. The maximum absolute atomic E-state index is 4.25. The Labute approximate surface area is 69.9 Å². The molecule has 0 aromatic carbocycles. The average Bonchev–Trinajstić information content (AvgIpc) is 1.65. The summed E-state index contributed by atoms with van der Waals surface area (Å²) in [7, 11) is 9.25. The van der Waals surface area contributed by atoms with E-state index >= 15 is 0 Å². The van der Waals surface area contributed by atoms with Gasteiger partial charge in [-0.15, -0.1) is 0 Å². The van der Waals surface area contributed by atoms with E-state index in [4.69, 9.17) is 0 Å². The topological polar surface area (TPSA) is 12.5 Å². The summed E-state index contributed by atoms with van der Waals surface area (Å²) in [5, 5.41) is 0. The van der Waals surface area contributed by atoms with Crippen molar-refractivity contribution >= 4 is 11.8 Å². The van der Waals surface area contributed by atoms with E-state index in [1.165, 1.54) is 0 Å². The summed E-state index contributed by atoms with van der Waals surface area (Å²) in [5.74, 6) is 0. The van der Waals surface area contributed by atoms with E-state index in [9.17, 15) is 0 Å². The van der Waals surface area contributed by atoms with E-state index < -0.39 is 0 Å². The van der Waals surface area contributed by atoms with Crippen LogP contribution in [0, 0.1) is 0 Å². The van der Waals surface area contributed by atoms with Crippen molar-refractivity contribution in [1.29, 1.82) is 0 Å². The second kappa shape index (κ2) is 22.8. The number of methoxy groups -OCH3 is 1. The molecule has 0 fully saturated rings. The Balaban J connectivity index is -0.0000000750. The molecular formula is C7H21NOS. The van der Waals surface area contributed by atoms with Crippen molar-refractivity contribution in [1.82, 2.24) is 4.90 Å². The Morgan fingerprint density at radius 2 is 1.00 bits per heavy atom. The first kappa shape index (κ1) is 16.7. The minimum absolute atomic E-state index is 1.62. The first-order valence-electron chi connectivity index (χ1n) is 2.97. The van der Waals surface area contributed by atoms with Gasteiger partial charge in [0.25, 0.3) is 0 Å². The van der Waals surface area contributed by atoms with Gasteiger partial charge in [-0.3, -0.25) is 0 Å². The predicted octanol–water partition coefficient (Wildman–Crippen LogP) is 1.42. The summed E-state index contributed by atoms with van der Waals surface area (Å²) >= 11 is 1.75. The van der Waals surface area contributed by atoms with Gasteiger partial charge in [-0.2, -0.15) is 11.8 Å². The molecule has 0 saturated carbocycles. The number of hydrogen-bond acceptors (Lipinski definition) is 3. The average molecular weight is 167 g/mol. The molecule has 0 amide bonds. The normalized spacial score (nSPS) is 7.20. The van der Waals surface area contributed by atoms with Crippen molar-refractivity contribution in [3.63, 3.8) is 0 Å². The lowest BCUT2D eigenvalue weighted by Crippen LogP contribution is -1.99. The highest BCUT2D eigenvalue weighted by atomic mass is 32.2. The van der Waals surface area contributed by atoms with Crippen molar-refractivity contribution in [2.75, 3.05) is 47.9 Å². The lowest BCUT2D eigenvalue weighted by Gasteiger charge is -1.90. The Hall–Kier alpha value is 0.270. The van der Waals surface area contributed by atoms with Gasteiger partial charge in [-0.05, 0) is 33.7 Å². The lowest BCUT2D eigenvalue weighted by molar-refractivity contribution is 0.277. The molecule has 66 valence electrons. The minimum atomic E-state index is 1.62. The highest BCUT2D eigenvalue weighted by Crippen LogP contribution is 1.70. The van der Waals surface area contributed by atoms with E-state index in [0.717, 1.165) is 0 Å². The largest absolute Gasteiger partial charge is 0.388 e. The standard InChI is InChI=1S/C3H9N.C2H6O.C2H6S/c1-4(2)3;2*1-3-2/h1-3H3;2*1-2H3. The number of ether oxygens (including phenoxy) is 1. The van der Waals surface area contributed by atoms with E-state index in [-0.39, 0.29) is 0 Å². The third-order valence-corrected chi connectivity index (χ3v) is 0. The monoisotopic (exact) mass is 167 g/mol. The fourth-order valence-corrected chi connectivity index (χ4v) is 0. The van der Waals surface area contributed by atoms with Gasteiger partial charge in [0.15, 0.2) is 0 Å². The van der Waals surface area contributed by atoms with Crippen molar-refractivity contribution in [2.45, 2.75) is 0 Å². The molecule has 0 rings (SSSR count). The van der Waals surface area contributed by atoms with Crippen LogP contribution < -0.4 is 0 Å². The van der Waals surface area contributed by atoms with E-state index in [1.807, 2.05) is 38.6 Å². The Bertz CT molecular complexity index is 30.0. The molecule has 0 saturated heterocycles. The zero-order chi connectivity index (χ0) is 8.99. The van der Waals surface area contributed by atoms with Gasteiger partial charge >= 0.3 is 0 Å². The fourth-order valence-electron chi connectivity index (χ4n) is 0. The highest BCUT2D eigenvalue weighted by Gasteiger charge is 1.58. The van der Waals surface area contributed by atoms with Crippen LogP contribution in [-0.4, -0.2) is 52.8 Å². The molecule has 0 aliphatic carbocycles. The van der Waals surface area contributed by atoms with Gasteiger partial charge in [0.05, 0.1) is 0 Å². The van der Waals surface area contributed by atoms with Crippen LogP contribution in [0.3, 0.4) is 0 Å². The van der Waals surface area contributed by atoms with Crippen molar-refractivity contribution in [2.24, 2.45) is 0 Å². The zero-order valence-corrected chi connectivity index (χ0v) is 9.08. The summed E-state index contributed by atoms with van der Waals surface area (Å²) in [4.78, 5) is 2.00. The molecule has 0 bridgehead atoms. The maximum atomic E-state index is 4.25. The van der Waals surface area contributed by atoms with Crippen LogP contribution in [0.1, 0.15) is 0 Å². The Morgan fingerprint density at radius 1 is 1.00 bits per heavy atom. The first-order chi connectivity index (χ1) is 4.56. The molecule has 2 nitrogen and oxygen atoms in total. The molecule has 0 heterocycles. The lowest BCUT2D eigenvalue weighted by atomic mass is 11.0. The van der Waals surface area contributed by atoms with Gasteiger partial charge in [0, 0.05) is 14.2 Å². The summed E-state index contributed by atoms with van der Waals surface area (Å²) in [6.45, 7) is 0. The van der Waals surface area contributed by atoms with Crippen LogP contribution in [0.25, 0.3) is 0 Å². The molecule has 0 aliphatic heterocycles. The van der Waals surface area contributed by atoms with Gasteiger partial charge < -0.3 is 9.64 Å². The van der Waals surface area contributed by atoms with E-state index in [1.54, 1.807) is 26.0 Å². The van der Waals surface area contributed by atoms with Crippen LogP contribution in [0.15, 0.2) is 0 Å². The molecule has 0 atom stereocenters. The number of rotatable bonds is 0. The Morgan fingerprint density at radius 3 is 1.00 bits per heavy atom. The van der Waals surface area contributed by atoms with Crippen molar-refractivity contribution < 1.29 is 4.74 Å². The fraction of sp³-hybridized carbons (Fsp3) is 1.00. The van der Waals surface area contributed by atoms with Gasteiger partial charge in [-0.25, -0.2) is 0 Å². The van der Waals surface area contributed by atoms with Crippen LogP contribution in [0.2, 0.25) is 0 Å². The van der Waals surface area contributed by atoms with Gasteiger partial charge in [0.1, 0.15) is 0 Å². The Kier molecular flexibility index (Phi) is 38.1. The van der Waals surface area contributed by atoms with Crippen molar-refractivity contribution in [3.05, 3.63) is 0 Å². The second-order valence-corrected chi connectivity index (χ2v) is 2.97. The van der Waals surface area contributed by atoms with Crippen LogP contribution in [0.5, 0.6) is 0 Å². The van der Waals surface area contributed by atoms with Crippen molar-refractivity contribution in [3.8, 4) is 0 Å². The first-order valence-corrected chi connectivity index (χ1v) is 4.61. The third-order valence-electron chi connectivity index (χ3n) is 0. The minimum Gasteiger partial charge on any atom is -0.388 e. The third kappa shape index (κ3) is 6000. The molecule has 0 radical (unpaired) electrons. The number of hydrogen-bond donors (Lipinski definition) is 0. The number of thioether (sulfide) groups is 1. The molecule has 0 aromatic heterocycles. The summed E-state index contributed by atoms with van der Waals surface area (Å²) < 4.78 is 4.25. The van der Waals surface area contributed by atoms with Crippen LogP contribution >= 0.6 is 11.8 Å². The smallest absolute Gasteiger partial charge is 0.0351 e. The summed E-state index contributed by atoms with van der Waals surface area (Å²) in [6, 6.07) is 0. The maximum Gasteiger partial charge on any atom is 0.0351 e.